The van der Waals surface area contributed by atoms with Crippen LogP contribution in [0.5, 0.6) is 0 Å². The van der Waals surface area contributed by atoms with E-state index in [1.54, 1.807) is 6.92 Å². The zero-order chi connectivity index (χ0) is 11.4. The van der Waals surface area contributed by atoms with Crippen LogP contribution in [0.1, 0.15) is 19.8 Å². The van der Waals surface area contributed by atoms with Gasteiger partial charge in [-0.2, -0.15) is 0 Å². The van der Waals surface area contributed by atoms with Gasteiger partial charge in [0.05, 0.1) is 0 Å². The zero-order valence-corrected chi connectivity index (χ0v) is 12.2. The van der Waals surface area contributed by atoms with Crippen LogP contribution < -0.4 is 5.32 Å². The first kappa shape index (κ1) is 14.8. The molecular weight excluding hydrogens is 233 g/mol. The molecule has 0 radical (unpaired) electrons. The predicted molar refractivity (Wildman–Crippen MR) is 53.3 cm³/mol. The molecule has 0 aliphatic carbocycles. The Labute approximate surface area is 118 Å². The van der Waals surface area contributed by atoms with E-state index < -0.39 is 21.4 Å². The molecule has 0 heterocycles. The number of amides is 1. The van der Waals surface area contributed by atoms with Gasteiger partial charge in [-0.25, -0.2) is 0 Å². The summed E-state index contributed by atoms with van der Waals surface area (Å²) in [5.74, 6) is -0.485. The third kappa shape index (κ3) is 5.59. The Bertz CT molecular complexity index is 325. The summed E-state index contributed by atoms with van der Waals surface area (Å²) in [6.07, 6.45) is 0.757. The summed E-state index contributed by atoms with van der Waals surface area (Å²) in [5, 5.41) is 1.02. The second-order valence-electron chi connectivity index (χ2n) is 3.05. The number of nitrogens with one attached hydrogen (secondary N) is 1. The normalized spacial score (nSPS) is 13.4. The molecule has 2 N–H and O–H groups in total. The molecule has 0 aromatic rings. The number of carbonyl (C=O) groups excluding carboxylic acids is 1. The fourth-order valence-electron chi connectivity index (χ4n) is 0.827. The van der Waals surface area contributed by atoms with Crippen molar-refractivity contribution < 1.29 is 17.8 Å². The summed E-state index contributed by atoms with van der Waals surface area (Å²) >= 11 is 0.118. The number of carbonyl (C=O) groups is 1. The number of rotatable bonds is 5. The number of hydrogen-bond donors (Lipinski definition) is 2. The summed E-state index contributed by atoms with van der Waals surface area (Å²) in [7, 11) is -4.21. The van der Waals surface area contributed by atoms with Gasteiger partial charge in [0.1, 0.15) is 0 Å². The quantitative estimate of drug-likeness (QED) is 0.399. The molecule has 0 saturated heterocycles. The van der Waals surface area contributed by atoms with E-state index in [-0.39, 0.29) is 55.4 Å². The molecule has 14 heavy (non-hydrogen) atoms. The Morgan fingerprint density at radius 1 is 1.64 bits per heavy atom. The summed E-state index contributed by atoms with van der Waals surface area (Å²) in [4.78, 5) is 11.1. The van der Waals surface area contributed by atoms with E-state index in [2.05, 4.69) is 11.9 Å². The van der Waals surface area contributed by atoms with Crippen molar-refractivity contribution in [3.05, 3.63) is 6.25 Å². The van der Waals surface area contributed by atoms with Crippen molar-refractivity contribution in [1.82, 2.24) is 5.32 Å². The van der Waals surface area contributed by atoms with Crippen molar-refractivity contribution in [3.8, 4) is 0 Å². The molecule has 0 fully saturated rings. The molecule has 0 saturated carbocycles. The molecule has 1 amide bonds. The van der Waals surface area contributed by atoms with Crippen LogP contribution in [0.25, 0.3) is 0 Å². The van der Waals surface area contributed by atoms with Crippen molar-refractivity contribution in [1.29, 1.82) is 0 Å². The van der Waals surface area contributed by atoms with E-state index in [9.17, 15) is 13.2 Å². The predicted octanol–water partition coefficient (Wildman–Crippen LogP) is -0.201. The van der Waals surface area contributed by atoms with E-state index in [1.165, 1.54) is 0 Å². The van der Waals surface area contributed by atoms with Crippen LogP contribution in [-0.2, 0) is 14.9 Å². The molecule has 0 bridgehead atoms. The molecule has 5 nitrogen and oxygen atoms in total. The molecule has 0 aromatic heterocycles. The first-order valence-corrected chi connectivity index (χ1v) is 7.28. The fraction of sp³-hybridized carbons (Fsp3) is 0.571. The average Bonchev–Trinajstić information content (AvgIpc) is 2.01. The van der Waals surface area contributed by atoms with Crippen molar-refractivity contribution in [2.45, 2.75) is 25.1 Å². The standard InChI is InChI=1S/C7H12NO4S.K/c1-3-5-7(13(10,11)12)8-6(9)4-2;/h7H,2-3,5H2,1H3,(H,8,9)(H,10,11,12);. The maximum absolute atomic E-state index is 11.1. The molecular formula is C7H12KNO4S. The Kier molecular flexibility index (Phi) is 6.71. The van der Waals surface area contributed by atoms with E-state index in [1.807, 2.05) is 0 Å². The maximum atomic E-state index is 11.1. The van der Waals surface area contributed by atoms with Gasteiger partial charge in [-0.3, -0.25) is 0 Å². The van der Waals surface area contributed by atoms with E-state index in [0.717, 1.165) is 0 Å². The first-order chi connectivity index (χ1) is 6.29. The van der Waals surface area contributed by atoms with Crippen LogP contribution in [0.3, 0.4) is 0 Å². The monoisotopic (exact) mass is 245 g/mol. The van der Waals surface area contributed by atoms with Gasteiger partial charge in [-0.1, -0.05) is 0 Å². The Morgan fingerprint density at radius 2 is 2.14 bits per heavy atom. The van der Waals surface area contributed by atoms with Crippen molar-refractivity contribution in [2.75, 3.05) is 0 Å². The first-order valence-electron chi connectivity index (χ1n) is 4.21. The molecule has 0 spiro atoms. The van der Waals surface area contributed by atoms with Crippen molar-refractivity contribution in [2.24, 2.45) is 0 Å². The van der Waals surface area contributed by atoms with Crippen LogP contribution in [0.2, 0.25) is 0 Å². The summed E-state index contributed by atoms with van der Waals surface area (Å²) in [5.41, 5.74) is 0. The van der Waals surface area contributed by atoms with Crippen LogP contribution in [0.4, 0.5) is 0 Å². The average molecular weight is 245 g/mol. The van der Waals surface area contributed by atoms with Gasteiger partial charge in [-0.05, 0) is 0 Å². The molecule has 0 aromatic carbocycles. The second kappa shape index (κ2) is 6.36. The summed E-state index contributed by atoms with van der Waals surface area (Å²) in [6.45, 7) is 5.21. The molecule has 0 aliphatic rings. The third-order valence-electron chi connectivity index (χ3n) is 1.59. The van der Waals surface area contributed by atoms with Crippen LogP contribution in [0, 0.1) is 0 Å². The SMILES string of the molecule is C=[C]([K])C(=O)NC(CCC)S(=O)(=O)O. The molecule has 0 rings (SSSR count). The second-order valence-corrected chi connectivity index (χ2v) is 6.53. The van der Waals surface area contributed by atoms with Gasteiger partial charge in [0, 0.05) is 0 Å². The Morgan fingerprint density at radius 3 is 2.43 bits per heavy atom. The van der Waals surface area contributed by atoms with Crippen molar-refractivity contribution >= 4 is 65.0 Å². The summed E-state index contributed by atoms with van der Waals surface area (Å²) < 4.78 is 30.8. The topological polar surface area (TPSA) is 83.5 Å². The van der Waals surface area contributed by atoms with Crippen LogP contribution in [-0.4, -0.2) is 73.2 Å². The van der Waals surface area contributed by atoms with Crippen LogP contribution in [0.15, 0.2) is 6.25 Å². The van der Waals surface area contributed by atoms with Gasteiger partial charge >= 0.3 is 119 Å². The van der Waals surface area contributed by atoms with Gasteiger partial charge in [0.25, 0.3) is 0 Å². The fourth-order valence-corrected chi connectivity index (χ4v) is 1.84. The Hall–Kier alpha value is 0.756. The molecule has 0 aliphatic heterocycles. The zero-order valence-electron chi connectivity index (χ0n) is 8.28. The van der Waals surface area contributed by atoms with Gasteiger partial charge in [0.15, 0.2) is 0 Å². The molecule has 1 atom stereocenters. The summed E-state index contributed by atoms with van der Waals surface area (Å²) in [6, 6.07) is 0. The van der Waals surface area contributed by atoms with Crippen LogP contribution >= 0.6 is 0 Å². The van der Waals surface area contributed by atoms with E-state index in [0.29, 0.717) is 6.09 Å². The molecule has 7 heteroatoms. The third-order valence-corrected chi connectivity index (χ3v) is 3.37. The number of hydrogen-bond acceptors (Lipinski definition) is 3. The van der Waals surface area contributed by atoms with Gasteiger partial charge in [0.2, 0.25) is 0 Å². The van der Waals surface area contributed by atoms with Crippen molar-refractivity contribution in [3.63, 3.8) is 0 Å². The van der Waals surface area contributed by atoms with E-state index in [4.69, 9.17) is 4.55 Å². The van der Waals surface area contributed by atoms with Gasteiger partial charge in [-0.15, -0.1) is 0 Å². The molecule has 1 unspecified atom stereocenters. The minimum atomic E-state index is -4.21. The van der Waals surface area contributed by atoms with Gasteiger partial charge < -0.3 is 0 Å². The molecule has 76 valence electrons. The van der Waals surface area contributed by atoms with E-state index >= 15 is 0 Å². The Balaban J connectivity index is 4.55. The minimum absolute atomic E-state index is 0.118.